The number of rotatable bonds is 5. The van der Waals surface area contributed by atoms with E-state index in [9.17, 15) is 0 Å². The molecule has 0 radical (unpaired) electrons. The van der Waals surface area contributed by atoms with Gasteiger partial charge in [-0.05, 0) is 56.0 Å². The van der Waals surface area contributed by atoms with Gasteiger partial charge in [-0.3, -0.25) is 4.98 Å². The minimum atomic E-state index is 0.997. The predicted molar refractivity (Wildman–Crippen MR) is 83.4 cm³/mol. The first kappa shape index (κ1) is 16.2. The van der Waals surface area contributed by atoms with Crippen molar-refractivity contribution < 1.29 is 0 Å². The lowest BCUT2D eigenvalue weighted by molar-refractivity contribution is 0.180. The fourth-order valence-corrected chi connectivity index (χ4v) is 2.74. The van der Waals surface area contributed by atoms with Crippen molar-refractivity contribution in [2.45, 2.75) is 52.9 Å². The lowest BCUT2D eigenvalue weighted by Crippen LogP contribution is -2.35. The molecule has 1 aromatic heterocycles. The number of likely N-dealkylation sites (tertiary alicyclic amines) is 1. The Morgan fingerprint density at radius 2 is 1.79 bits per heavy atom. The Bertz CT molecular complexity index is 302. The maximum Gasteiger partial charge on any atom is 0.0270 e. The van der Waals surface area contributed by atoms with Crippen molar-refractivity contribution in [2.75, 3.05) is 19.6 Å². The van der Waals surface area contributed by atoms with Gasteiger partial charge in [-0.15, -0.1) is 0 Å². The number of nitrogens with zero attached hydrogens (tertiary/aromatic N) is 2. The van der Waals surface area contributed by atoms with Crippen LogP contribution in [-0.4, -0.2) is 29.5 Å². The minimum absolute atomic E-state index is 0.997. The van der Waals surface area contributed by atoms with E-state index in [0.29, 0.717) is 0 Å². The van der Waals surface area contributed by atoms with E-state index in [1.54, 1.807) is 0 Å². The van der Waals surface area contributed by atoms with E-state index < -0.39 is 0 Å². The second-order valence-electron chi connectivity index (χ2n) is 5.18. The summed E-state index contributed by atoms with van der Waals surface area (Å²) in [6.45, 7) is 10.1. The van der Waals surface area contributed by atoms with Crippen LogP contribution in [0.1, 0.15) is 52.0 Å². The molecule has 0 amide bonds. The lowest BCUT2D eigenvalue weighted by atomic mass is 9.92. The molecule has 0 N–H and O–H groups in total. The largest absolute Gasteiger partial charge is 0.303 e. The van der Waals surface area contributed by atoms with Gasteiger partial charge in [-0.25, -0.2) is 0 Å². The molecule has 0 aliphatic carbocycles. The first-order chi connectivity index (χ1) is 9.38. The van der Waals surface area contributed by atoms with Gasteiger partial charge in [0.25, 0.3) is 0 Å². The fourth-order valence-electron chi connectivity index (χ4n) is 2.74. The zero-order valence-electron chi connectivity index (χ0n) is 12.9. The number of hydrogen-bond acceptors (Lipinski definition) is 2. The molecule has 1 aliphatic rings. The summed E-state index contributed by atoms with van der Waals surface area (Å²) in [5.74, 6) is 0.997. The first-order valence-electron chi connectivity index (χ1n) is 7.99. The van der Waals surface area contributed by atoms with E-state index in [2.05, 4.69) is 28.9 Å². The highest BCUT2D eigenvalue weighted by atomic mass is 15.1. The Morgan fingerprint density at radius 1 is 1.16 bits per heavy atom. The Hall–Kier alpha value is -0.890. The van der Waals surface area contributed by atoms with E-state index in [4.69, 9.17) is 0 Å². The Kier molecular flexibility index (Phi) is 8.48. The third-order valence-electron chi connectivity index (χ3n) is 3.87. The molecule has 0 atom stereocenters. The standard InChI is InChI=1S/C15H24N2.C2H6/c1-2-3-14-6-11-17(12-7-14)13-8-15-4-9-16-10-5-15;1-2/h4-5,9-10,14H,2-3,6-8,11-13H2,1H3;1-2H3. The van der Waals surface area contributed by atoms with Crippen LogP contribution in [0.4, 0.5) is 0 Å². The molecule has 0 bridgehead atoms. The summed E-state index contributed by atoms with van der Waals surface area (Å²) in [4.78, 5) is 6.67. The molecule has 0 spiro atoms. The molecule has 1 aromatic rings. The van der Waals surface area contributed by atoms with Crippen molar-refractivity contribution in [3.8, 4) is 0 Å². The molecule has 2 heterocycles. The third-order valence-corrected chi connectivity index (χ3v) is 3.87. The van der Waals surface area contributed by atoms with E-state index in [0.717, 1.165) is 5.92 Å². The predicted octanol–water partition coefficient (Wildman–Crippen LogP) is 4.16. The normalized spacial score (nSPS) is 16.8. The summed E-state index contributed by atoms with van der Waals surface area (Å²) in [5, 5.41) is 0. The quantitative estimate of drug-likeness (QED) is 0.792. The fraction of sp³-hybridized carbons (Fsp3) is 0.706. The monoisotopic (exact) mass is 262 g/mol. The molecule has 0 aromatic carbocycles. The number of piperidine rings is 1. The summed E-state index contributed by atoms with van der Waals surface area (Å²) < 4.78 is 0. The second kappa shape index (κ2) is 9.96. The van der Waals surface area contributed by atoms with E-state index in [1.165, 1.54) is 57.3 Å². The smallest absolute Gasteiger partial charge is 0.0270 e. The van der Waals surface area contributed by atoms with Gasteiger partial charge in [-0.2, -0.15) is 0 Å². The summed E-state index contributed by atoms with van der Waals surface area (Å²) in [6.07, 6.45) is 10.5. The number of hydrogen-bond donors (Lipinski definition) is 0. The summed E-state index contributed by atoms with van der Waals surface area (Å²) >= 11 is 0. The van der Waals surface area contributed by atoms with Crippen LogP contribution in [-0.2, 0) is 6.42 Å². The molecular weight excluding hydrogens is 232 g/mol. The Labute approximate surface area is 119 Å². The second-order valence-corrected chi connectivity index (χ2v) is 5.18. The van der Waals surface area contributed by atoms with Crippen LogP contribution >= 0.6 is 0 Å². The van der Waals surface area contributed by atoms with Crippen molar-refractivity contribution in [3.63, 3.8) is 0 Å². The molecule has 0 saturated carbocycles. The molecule has 1 fully saturated rings. The van der Waals surface area contributed by atoms with Crippen LogP contribution < -0.4 is 0 Å². The summed E-state index contributed by atoms with van der Waals surface area (Å²) in [5.41, 5.74) is 1.41. The molecular formula is C17H30N2. The van der Waals surface area contributed by atoms with Crippen LogP contribution in [0, 0.1) is 5.92 Å². The van der Waals surface area contributed by atoms with E-state index in [-0.39, 0.29) is 0 Å². The highest BCUT2D eigenvalue weighted by Crippen LogP contribution is 2.21. The van der Waals surface area contributed by atoms with E-state index in [1.807, 2.05) is 26.2 Å². The first-order valence-corrected chi connectivity index (χ1v) is 7.99. The lowest BCUT2D eigenvalue weighted by Gasteiger charge is -2.31. The van der Waals surface area contributed by atoms with Gasteiger partial charge in [0, 0.05) is 18.9 Å². The van der Waals surface area contributed by atoms with Gasteiger partial charge in [0.2, 0.25) is 0 Å². The summed E-state index contributed by atoms with van der Waals surface area (Å²) in [6, 6.07) is 4.26. The minimum Gasteiger partial charge on any atom is -0.303 e. The van der Waals surface area contributed by atoms with Crippen LogP contribution in [0.25, 0.3) is 0 Å². The third kappa shape index (κ3) is 6.20. The average Bonchev–Trinajstić information content (AvgIpc) is 2.50. The van der Waals surface area contributed by atoms with Crippen molar-refractivity contribution in [3.05, 3.63) is 30.1 Å². The molecule has 2 rings (SSSR count). The van der Waals surface area contributed by atoms with Crippen LogP contribution in [0.2, 0.25) is 0 Å². The highest BCUT2D eigenvalue weighted by molar-refractivity contribution is 5.09. The topological polar surface area (TPSA) is 16.1 Å². The van der Waals surface area contributed by atoms with Gasteiger partial charge >= 0.3 is 0 Å². The number of aromatic nitrogens is 1. The Balaban J connectivity index is 0.000000861. The van der Waals surface area contributed by atoms with Gasteiger partial charge < -0.3 is 4.90 Å². The molecule has 108 valence electrons. The van der Waals surface area contributed by atoms with Gasteiger partial charge in [0.05, 0.1) is 0 Å². The van der Waals surface area contributed by atoms with Crippen molar-refractivity contribution in [2.24, 2.45) is 5.92 Å². The van der Waals surface area contributed by atoms with Crippen LogP contribution in [0.15, 0.2) is 24.5 Å². The van der Waals surface area contributed by atoms with Crippen molar-refractivity contribution in [1.29, 1.82) is 0 Å². The van der Waals surface area contributed by atoms with Crippen LogP contribution in [0.5, 0.6) is 0 Å². The Morgan fingerprint density at radius 3 is 2.37 bits per heavy atom. The highest BCUT2D eigenvalue weighted by Gasteiger charge is 2.17. The molecule has 0 unspecified atom stereocenters. The maximum atomic E-state index is 4.06. The molecule has 19 heavy (non-hydrogen) atoms. The molecule has 2 heteroatoms. The van der Waals surface area contributed by atoms with Crippen molar-refractivity contribution in [1.82, 2.24) is 9.88 Å². The summed E-state index contributed by atoms with van der Waals surface area (Å²) in [7, 11) is 0. The zero-order chi connectivity index (χ0) is 13.9. The van der Waals surface area contributed by atoms with E-state index >= 15 is 0 Å². The molecule has 1 aliphatic heterocycles. The zero-order valence-corrected chi connectivity index (χ0v) is 12.9. The molecule has 2 nitrogen and oxygen atoms in total. The van der Waals surface area contributed by atoms with Gasteiger partial charge in [-0.1, -0.05) is 33.6 Å². The number of pyridine rings is 1. The maximum absolute atomic E-state index is 4.06. The van der Waals surface area contributed by atoms with Gasteiger partial charge in [0.15, 0.2) is 0 Å². The van der Waals surface area contributed by atoms with Crippen LogP contribution in [0.3, 0.4) is 0 Å². The SMILES string of the molecule is CC.CCCC1CCN(CCc2ccncc2)CC1. The van der Waals surface area contributed by atoms with Crippen molar-refractivity contribution >= 4 is 0 Å². The molecule has 1 saturated heterocycles. The van der Waals surface area contributed by atoms with Gasteiger partial charge in [0.1, 0.15) is 0 Å². The average molecular weight is 262 g/mol.